The van der Waals surface area contributed by atoms with Crippen molar-refractivity contribution in [1.82, 2.24) is 19.9 Å². The van der Waals surface area contributed by atoms with Crippen molar-refractivity contribution in [2.45, 2.75) is 26.4 Å². The van der Waals surface area contributed by atoms with Gasteiger partial charge in [-0.15, -0.1) is 0 Å². The Bertz CT molecular complexity index is 1270. The monoisotopic (exact) mass is 479 g/mol. The van der Waals surface area contributed by atoms with Gasteiger partial charge in [0.15, 0.2) is 5.82 Å². The minimum absolute atomic E-state index is 0.309. The van der Waals surface area contributed by atoms with Crippen LogP contribution in [0.1, 0.15) is 20.8 Å². The summed E-state index contributed by atoms with van der Waals surface area (Å²) in [6.45, 7) is 7.29. The zero-order chi connectivity index (χ0) is 25.3. The highest BCUT2D eigenvalue weighted by Gasteiger charge is 2.24. The molecule has 11 nitrogen and oxygen atoms in total. The lowest BCUT2D eigenvalue weighted by molar-refractivity contribution is 0.0588. The third-order valence-corrected chi connectivity index (χ3v) is 5.68. The summed E-state index contributed by atoms with van der Waals surface area (Å²) in [5, 5.41) is 10.1. The summed E-state index contributed by atoms with van der Waals surface area (Å²) in [5.41, 5.74) is 8.38. The van der Waals surface area contributed by atoms with Crippen LogP contribution in [0.3, 0.4) is 0 Å². The molecule has 4 rings (SSSR count). The molecule has 184 valence electrons. The van der Waals surface area contributed by atoms with Gasteiger partial charge in [0.1, 0.15) is 17.7 Å². The molecule has 1 aliphatic rings. The Morgan fingerprint density at radius 3 is 2.40 bits per heavy atom. The average molecular weight is 480 g/mol. The van der Waals surface area contributed by atoms with Gasteiger partial charge in [0.2, 0.25) is 0 Å². The number of carboxylic acid groups (broad SMARTS) is 1. The van der Waals surface area contributed by atoms with Crippen molar-refractivity contribution in [3.8, 4) is 11.1 Å². The number of carbonyl (C=O) groups is 2. The Morgan fingerprint density at radius 1 is 1.06 bits per heavy atom. The highest BCUT2D eigenvalue weighted by atomic mass is 16.6. The minimum atomic E-state index is -0.912. The quantitative estimate of drug-likeness (QED) is 0.578. The first-order chi connectivity index (χ1) is 16.5. The van der Waals surface area contributed by atoms with E-state index in [9.17, 15) is 14.7 Å². The third-order valence-electron chi connectivity index (χ3n) is 5.68. The lowest BCUT2D eigenvalue weighted by Gasteiger charge is -2.34. The molecule has 0 radical (unpaired) electrons. The first-order valence-electron chi connectivity index (χ1n) is 11.2. The van der Waals surface area contributed by atoms with Gasteiger partial charge < -0.3 is 25.4 Å². The number of aromatic nitrogens is 3. The number of carbonyl (C=O) groups excluding carboxylic acids is 1. The molecule has 0 saturated carbocycles. The maximum atomic E-state index is 12.4. The van der Waals surface area contributed by atoms with Gasteiger partial charge in [-0.25, -0.2) is 24.5 Å². The number of amides is 2. The molecule has 0 aliphatic carbocycles. The maximum absolute atomic E-state index is 12.4. The highest BCUT2D eigenvalue weighted by molar-refractivity contribution is 5.94. The number of nitrogen functional groups attached to an aromatic ring is 1. The fraction of sp³-hybridized carbons (Fsp3) is 0.375. The number of piperazine rings is 1. The Balaban J connectivity index is 1.62. The number of hydrogen-bond acceptors (Lipinski definition) is 8. The summed E-state index contributed by atoms with van der Waals surface area (Å²) in [5.74, 6) is 1.06. The zero-order valence-electron chi connectivity index (χ0n) is 20.2. The number of hydrogen-bond donors (Lipinski definition) is 2. The molecule has 0 unspecified atom stereocenters. The van der Waals surface area contributed by atoms with Crippen molar-refractivity contribution in [2.24, 2.45) is 0 Å². The van der Waals surface area contributed by atoms with Crippen LogP contribution >= 0.6 is 0 Å². The standard InChI is InChI=1S/C24H29N7O4/c1-24(2,3)35-23(34)29(4)21-18(25)12-16(13-26-21)15-5-6-19-17(11-15)20(28-14-27-19)30-7-9-31(10-8-30)22(32)33/h5-6,11-14H,7-10,25H2,1-4H3,(H,32,33). The summed E-state index contributed by atoms with van der Waals surface area (Å²) >= 11 is 0. The van der Waals surface area contributed by atoms with Crippen molar-refractivity contribution in [2.75, 3.05) is 48.8 Å². The second kappa shape index (κ2) is 9.24. The second-order valence-electron chi connectivity index (χ2n) is 9.36. The number of benzene rings is 1. The van der Waals surface area contributed by atoms with Crippen LogP contribution in [0.25, 0.3) is 22.0 Å². The highest BCUT2D eigenvalue weighted by Crippen LogP contribution is 2.32. The topological polar surface area (TPSA) is 138 Å². The lowest BCUT2D eigenvalue weighted by atomic mass is 10.0. The Kier molecular flexibility index (Phi) is 6.33. The molecule has 3 N–H and O–H groups in total. The lowest BCUT2D eigenvalue weighted by Crippen LogP contribution is -2.48. The molecular formula is C24H29N7O4. The first-order valence-corrected chi connectivity index (χ1v) is 11.2. The number of nitrogens with zero attached hydrogens (tertiary/aromatic N) is 6. The van der Waals surface area contributed by atoms with E-state index >= 15 is 0 Å². The van der Waals surface area contributed by atoms with Crippen molar-refractivity contribution in [1.29, 1.82) is 0 Å². The van der Waals surface area contributed by atoms with E-state index in [2.05, 4.69) is 19.9 Å². The fourth-order valence-electron chi connectivity index (χ4n) is 3.91. The van der Waals surface area contributed by atoms with Gasteiger partial charge >= 0.3 is 12.2 Å². The van der Waals surface area contributed by atoms with Gasteiger partial charge in [0.05, 0.1) is 11.2 Å². The number of nitrogens with two attached hydrogens (primary N) is 1. The summed E-state index contributed by atoms with van der Waals surface area (Å²) < 4.78 is 5.40. The fourth-order valence-corrected chi connectivity index (χ4v) is 3.91. The van der Waals surface area contributed by atoms with Crippen molar-refractivity contribution >= 4 is 40.4 Å². The smallest absolute Gasteiger partial charge is 0.415 e. The second-order valence-corrected chi connectivity index (χ2v) is 9.36. The molecule has 1 saturated heterocycles. The van der Waals surface area contributed by atoms with E-state index in [0.717, 1.165) is 27.8 Å². The minimum Gasteiger partial charge on any atom is -0.465 e. The Labute approximate surface area is 203 Å². The van der Waals surface area contributed by atoms with E-state index in [4.69, 9.17) is 10.5 Å². The normalized spacial score (nSPS) is 14.2. The van der Waals surface area contributed by atoms with Crippen molar-refractivity contribution in [3.63, 3.8) is 0 Å². The molecule has 11 heteroatoms. The number of ether oxygens (including phenoxy) is 1. The SMILES string of the molecule is CN(C(=O)OC(C)(C)C)c1ncc(-c2ccc3ncnc(N4CCN(C(=O)O)CC4)c3c2)cc1N. The molecule has 3 heterocycles. The van der Waals surface area contributed by atoms with Crippen molar-refractivity contribution < 1.29 is 19.4 Å². The molecule has 1 aromatic carbocycles. The maximum Gasteiger partial charge on any atom is 0.415 e. The van der Waals surface area contributed by atoms with Gasteiger partial charge in [-0.1, -0.05) is 6.07 Å². The Morgan fingerprint density at radius 2 is 1.77 bits per heavy atom. The number of rotatable bonds is 3. The van der Waals surface area contributed by atoms with Gasteiger partial charge in [0.25, 0.3) is 0 Å². The molecule has 1 aliphatic heterocycles. The van der Waals surface area contributed by atoms with Crippen LogP contribution in [0.2, 0.25) is 0 Å². The van der Waals surface area contributed by atoms with E-state index in [-0.39, 0.29) is 0 Å². The summed E-state index contributed by atoms with van der Waals surface area (Å²) in [6, 6.07) is 7.57. The summed E-state index contributed by atoms with van der Waals surface area (Å²) in [6.07, 6.45) is 1.72. The van der Waals surface area contributed by atoms with Crippen LogP contribution < -0.4 is 15.5 Å². The van der Waals surface area contributed by atoms with Crippen molar-refractivity contribution in [3.05, 3.63) is 36.8 Å². The van der Waals surface area contributed by atoms with E-state index in [0.29, 0.717) is 37.7 Å². The predicted octanol–water partition coefficient (Wildman–Crippen LogP) is 3.45. The third kappa shape index (κ3) is 5.18. The van der Waals surface area contributed by atoms with Gasteiger partial charge in [-0.05, 0) is 44.5 Å². The molecule has 2 aromatic heterocycles. The van der Waals surface area contributed by atoms with Crippen LogP contribution in [-0.2, 0) is 4.74 Å². The summed E-state index contributed by atoms with van der Waals surface area (Å²) in [4.78, 5) is 41.7. The number of anilines is 3. The molecule has 0 spiro atoms. The summed E-state index contributed by atoms with van der Waals surface area (Å²) in [7, 11) is 1.57. The molecule has 35 heavy (non-hydrogen) atoms. The zero-order valence-corrected chi connectivity index (χ0v) is 20.2. The molecule has 1 fully saturated rings. The van der Waals surface area contributed by atoms with Crippen LogP contribution in [0.5, 0.6) is 0 Å². The number of pyridine rings is 1. The molecular weight excluding hydrogens is 450 g/mol. The number of fused-ring (bicyclic) bond motifs is 1. The predicted molar refractivity (Wildman–Crippen MR) is 134 cm³/mol. The van der Waals surface area contributed by atoms with Crippen LogP contribution in [0.15, 0.2) is 36.8 Å². The molecule has 2 amide bonds. The molecule has 3 aromatic rings. The van der Waals surface area contributed by atoms with E-state index < -0.39 is 17.8 Å². The van der Waals surface area contributed by atoms with Crippen LogP contribution in [-0.4, -0.2) is 76.0 Å². The first kappa shape index (κ1) is 24.0. The van der Waals surface area contributed by atoms with Gasteiger partial charge in [-0.3, -0.25) is 4.90 Å². The van der Waals surface area contributed by atoms with Crippen LogP contribution in [0, 0.1) is 0 Å². The molecule has 0 bridgehead atoms. The Hall–Kier alpha value is -4.15. The van der Waals surface area contributed by atoms with Crippen LogP contribution in [0.4, 0.5) is 26.9 Å². The van der Waals surface area contributed by atoms with E-state index in [1.807, 2.05) is 18.2 Å². The van der Waals surface area contributed by atoms with E-state index in [1.54, 1.807) is 40.1 Å². The van der Waals surface area contributed by atoms with E-state index in [1.165, 1.54) is 16.1 Å². The van der Waals surface area contributed by atoms with Gasteiger partial charge in [-0.2, -0.15) is 0 Å². The largest absolute Gasteiger partial charge is 0.465 e. The molecule has 0 atom stereocenters. The average Bonchev–Trinajstić information content (AvgIpc) is 2.82. The van der Waals surface area contributed by atoms with Gasteiger partial charge in [0, 0.05) is 50.4 Å².